The summed E-state index contributed by atoms with van der Waals surface area (Å²) in [7, 11) is 0. The molecule has 1 N–H and O–H groups in total. The molecule has 0 aliphatic rings. The third kappa shape index (κ3) is 2.69. The molecular formula is C15H16N2OS. The molecule has 98 valence electrons. The van der Waals surface area contributed by atoms with E-state index in [1.165, 1.54) is 15.8 Å². The average molecular weight is 272 g/mol. The van der Waals surface area contributed by atoms with Crippen LogP contribution in [-0.4, -0.2) is 11.5 Å². The monoisotopic (exact) mass is 272 g/mol. The number of furan rings is 1. The van der Waals surface area contributed by atoms with Crippen molar-refractivity contribution < 1.29 is 4.42 Å². The lowest BCUT2D eigenvalue weighted by Gasteiger charge is -2.17. The largest absolute Gasteiger partial charge is 0.472 e. The molecule has 0 fully saturated rings. The Kier molecular flexibility index (Phi) is 3.62. The summed E-state index contributed by atoms with van der Waals surface area (Å²) in [6.07, 6.45) is 6.42. The van der Waals surface area contributed by atoms with Crippen LogP contribution in [0.1, 0.15) is 24.1 Å². The van der Waals surface area contributed by atoms with Crippen molar-refractivity contribution in [3.05, 3.63) is 53.4 Å². The number of nitrogens with zero attached hydrogens (tertiary/aromatic N) is 1. The number of nitrogens with one attached hydrogen (secondary N) is 1. The van der Waals surface area contributed by atoms with E-state index in [1.807, 2.05) is 12.3 Å². The summed E-state index contributed by atoms with van der Waals surface area (Å²) < 4.78 is 6.39. The van der Waals surface area contributed by atoms with E-state index in [2.05, 4.69) is 34.7 Å². The first kappa shape index (κ1) is 12.4. The van der Waals surface area contributed by atoms with E-state index in [4.69, 9.17) is 4.42 Å². The fourth-order valence-electron chi connectivity index (χ4n) is 2.25. The first-order valence-corrected chi connectivity index (χ1v) is 7.32. The van der Waals surface area contributed by atoms with Gasteiger partial charge in [-0.25, -0.2) is 0 Å². The van der Waals surface area contributed by atoms with Crippen LogP contribution in [0.15, 0.2) is 46.7 Å². The lowest BCUT2D eigenvalue weighted by Crippen LogP contribution is -2.22. The second-order valence-electron chi connectivity index (χ2n) is 4.52. The van der Waals surface area contributed by atoms with E-state index >= 15 is 0 Å². The molecule has 0 aromatic carbocycles. The number of pyridine rings is 1. The van der Waals surface area contributed by atoms with Gasteiger partial charge in [0.1, 0.15) is 0 Å². The summed E-state index contributed by atoms with van der Waals surface area (Å²) in [5, 5.41) is 5.60. The number of thiophene rings is 1. The second-order valence-corrected chi connectivity index (χ2v) is 5.47. The van der Waals surface area contributed by atoms with Crippen molar-refractivity contribution in [2.75, 3.05) is 6.54 Å². The maximum atomic E-state index is 5.15. The average Bonchev–Trinajstić information content (AvgIpc) is 3.08. The van der Waals surface area contributed by atoms with Crippen LogP contribution in [0.25, 0.3) is 10.2 Å². The summed E-state index contributed by atoms with van der Waals surface area (Å²) in [5.74, 6) is 0. The molecule has 4 heteroatoms. The summed E-state index contributed by atoms with van der Waals surface area (Å²) >= 11 is 1.74. The zero-order valence-corrected chi connectivity index (χ0v) is 11.6. The number of rotatable bonds is 5. The molecule has 3 rings (SSSR count). The summed E-state index contributed by atoms with van der Waals surface area (Å²) in [4.78, 5) is 4.52. The summed E-state index contributed by atoms with van der Waals surface area (Å²) in [5.41, 5.74) is 3.52. The van der Waals surface area contributed by atoms with Gasteiger partial charge in [-0.1, -0.05) is 6.92 Å². The van der Waals surface area contributed by atoms with Gasteiger partial charge in [0.05, 0.1) is 22.7 Å². The number of aromatic nitrogens is 1. The van der Waals surface area contributed by atoms with Gasteiger partial charge >= 0.3 is 0 Å². The van der Waals surface area contributed by atoms with E-state index in [0.717, 1.165) is 18.5 Å². The van der Waals surface area contributed by atoms with Crippen LogP contribution in [0.5, 0.6) is 0 Å². The molecule has 3 nitrogen and oxygen atoms in total. The lowest BCUT2D eigenvalue weighted by atomic mass is 10.0. The molecule has 3 aromatic heterocycles. The van der Waals surface area contributed by atoms with Gasteiger partial charge in [-0.2, -0.15) is 0 Å². The van der Waals surface area contributed by atoms with Crippen molar-refractivity contribution in [3.8, 4) is 0 Å². The van der Waals surface area contributed by atoms with Crippen LogP contribution in [0.3, 0.4) is 0 Å². The Morgan fingerprint density at radius 1 is 1.42 bits per heavy atom. The molecule has 0 spiro atoms. The lowest BCUT2D eigenvalue weighted by molar-refractivity contribution is 0.534. The Morgan fingerprint density at radius 2 is 2.37 bits per heavy atom. The zero-order valence-electron chi connectivity index (χ0n) is 10.8. The van der Waals surface area contributed by atoms with Gasteiger partial charge in [0, 0.05) is 12.2 Å². The Labute approximate surface area is 116 Å². The number of fused-ring (bicyclic) bond motifs is 1. The van der Waals surface area contributed by atoms with Crippen molar-refractivity contribution in [2.45, 2.75) is 19.4 Å². The van der Waals surface area contributed by atoms with E-state index < -0.39 is 0 Å². The maximum absolute atomic E-state index is 5.15. The molecule has 0 saturated heterocycles. The van der Waals surface area contributed by atoms with Crippen molar-refractivity contribution in [3.63, 3.8) is 0 Å². The quantitative estimate of drug-likeness (QED) is 0.768. The van der Waals surface area contributed by atoms with Gasteiger partial charge in [-0.15, -0.1) is 11.3 Å². The van der Waals surface area contributed by atoms with Crippen LogP contribution in [0.4, 0.5) is 0 Å². The summed E-state index contributed by atoms with van der Waals surface area (Å²) in [6.45, 7) is 3.06. The topological polar surface area (TPSA) is 38.1 Å². The molecule has 1 unspecified atom stereocenters. The Balaban J connectivity index is 1.89. The van der Waals surface area contributed by atoms with Crippen LogP contribution in [0.2, 0.25) is 0 Å². The molecule has 19 heavy (non-hydrogen) atoms. The molecule has 0 saturated carbocycles. The van der Waals surface area contributed by atoms with E-state index in [0.29, 0.717) is 0 Å². The van der Waals surface area contributed by atoms with Gasteiger partial charge in [0.15, 0.2) is 0 Å². The highest BCUT2D eigenvalue weighted by Crippen LogP contribution is 2.24. The van der Waals surface area contributed by atoms with Gasteiger partial charge in [0.25, 0.3) is 0 Å². The normalized spacial score (nSPS) is 12.9. The molecule has 0 amide bonds. The van der Waals surface area contributed by atoms with Gasteiger partial charge in [-0.3, -0.25) is 4.98 Å². The highest BCUT2D eigenvalue weighted by Gasteiger charge is 2.13. The number of hydrogen-bond acceptors (Lipinski definition) is 4. The molecule has 0 bridgehead atoms. The van der Waals surface area contributed by atoms with E-state index in [9.17, 15) is 0 Å². The standard InChI is InChI=1S/C15H16N2OS/c1-2-16-14(7-11-3-5-18-10-11)12-8-15-13(17-9-12)4-6-19-15/h3-6,8-10,14,16H,2,7H2,1H3. The highest BCUT2D eigenvalue weighted by molar-refractivity contribution is 7.17. The number of hydrogen-bond donors (Lipinski definition) is 1. The van der Waals surface area contributed by atoms with Gasteiger partial charge in [0.2, 0.25) is 0 Å². The molecular weight excluding hydrogens is 256 g/mol. The Bertz CT molecular complexity index is 645. The smallest absolute Gasteiger partial charge is 0.0935 e. The van der Waals surface area contributed by atoms with Gasteiger partial charge < -0.3 is 9.73 Å². The predicted octanol–water partition coefficient (Wildman–Crippen LogP) is 3.78. The predicted molar refractivity (Wildman–Crippen MR) is 78.4 cm³/mol. The molecule has 0 aliphatic heterocycles. The van der Waals surface area contributed by atoms with E-state index in [-0.39, 0.29) is 6.04 Å². The van der Waals surface area contributed by atoms with Crippen LogP contribution < -0.4 is 5.32 Å². The van der Waals surface area contributed by atoms with E-state index in [1.54, 1.807) is 23.9 Å². The fourth-order valence-corrected chi connectivity index (χ4v) is 3.04. The Hall–Kier alpha value is -1.65. The molecule has 0 aliphatic carbocycles. The van der Waals surface area contributed by atoms with Crippen molar-refractivity contribution >= 4 is 21.6 Å². The van der Waals surface area contributed by atoms with Crippen molar-refractivity contribution in [1.82, 2.24) is 10.3 Å². The fraction of sp³-hybridized carbons (Fsp3) is 0.267. The van der Waals surface area contributed by atoms with Crippen LogP contribution >= 0.6 is 11.3 Å². The van der Waals surface area contributed by atoms with Crippen LogP contribution in [-0.2, 0) is 6.42 Å². The Morgan fingerprint density at radius 3 is 3.16 bits per heavy atom. The first-order valence-electron chi connectivity index (χ1n) is 6.44. The maximum Gasteiger partial charge on any atom is 0.0935 e. The van der Waals surface area contributed by atoms with Crippen molar-refractivity contribution in [1.29, 1.82) is 0 Å². The number of likely N-dealkylation sites (N-methyl/N-ethyl adjacent to an activating group) is 1. The minimum atomic E-state index is 0.279. The zero-order chi connectivity index (χ0) is 13.1. The third-order valence-electron chi connectivity index (χ3n) is 3.20. The van der Waals surface area contributed by atoms with Crippen molar-refractivity contribution in [2.24, 2.45) is 0 Å². The van der Waals surface area contributed by atoms with Crippen LogP contribution in [0, 0.1) is 0 Å². The SMILES string of the molecule is CCNC(Cc1ccoc1)c1cnc2ccsc2c1. The molecule has 0 radical (unpaired) electrons. The minimum absolute atomic E-state index is 0.279. The molecule has 3 heterocycles. The molecule has 1 atom stereocenters. The molecule has 3 aromatic rings. The second kappa shape index (κ2) is 5.55. The third-order valence-corrected chi connectivity index (χ3v) is 4.05. The summed E-state index contributed by atoms with van der Waals surface area (Å²) in [6, 6.07) is 6.59. The highest BCUT2D eigenvalue weighted by atomic mass is 32.1. The van der Waals surface area contributed by atoms with Gasteiger partial charge in [-0.05, 0) is 47.7 Å². The first-order chi connectivity index (χ1) is 9.36. The minimum Gasteiger partial charge on any atom is -0.472 e.